The zero-order valence-corrected chi connectivity index (χ0v) is 18.8. The third kappa shape index (κ3) is 4.69. The smallest absolute Gasteiger partial charge is 0.309 e. The average Bonchev–Trinajstić information content (AvgIpc) is 3.40. The van der Waals surface area contributed by atoms with Gasteiger partial charge in [0.25, 0.3) is 0 Å². The minimum absolute atomic E-state index is 0.167. The number of hydrogen-bond acceptors (Lipinski definition) is 6. The molecule has 0 radical (unpaired) electrons. The van der Waals surface area contributed by atoms with Gasteiger partial charge in [-0.1, -0.05) is 18.2 Å². The van der Waals surface area contributed by atoms with Crippen molar-refractivity contribution < 1.29 is 28.8 Å². The van der Waals surface area contributed by atoms with Crippen LogP contribution in [0.2, 0.25) is 0 Å². The Labute approximate surface area is 188 Å². The van der Waals surface area contributed by atoms with Gasteiger partial charge in [-0.3, -0.25) is 9.69 Å². The summed E-state index contributed by atoms with van der Waals surface area (Å²) in [6.07, 6.45) is 1.02. The summed E-state index contributed by atoms with van der Waals surface area (Å²) in [4.78, 5) is 14.8. The number of ether oxygens (including phenoxy) is 4. The molecule has 0 aliphatic carbocycles. The number of carboxylic acids is 1. The van der Waals surface area contributed by atoms with Crippen LogP contribution in [0.1, 0.15) is 43.4 Å². The van der Waals surface area contributed by atoms with Crippen molar-refractivity contribution in [3.8, 4) is 17.2 Å². The number of methoxy groups -OCH3 is 1. The molecule has 1 N–H and O–H groups in total. The van der Waals surface area contributed by atoms with Gasteiger partial charge in [0, 0.05) is 31.7 Å². The van der Waals surface area contributed by atoms with E-state index >= 15 is 0 Å². The molecule has 0 unspecified atom stereocenters. The van der Waals surface area contributed by atoms with Crippen molar-refractivity contribution in [2.45, 2.75) is 38.3 Å². The number of fused-ring (bicyclic) bond motifs is 1. The van der Waals surface area contributed by atoms with Gasteiger partial charge in [-0.25, -0.2) is 0 Å². The molecule has 2 aromatic rings. The van der Waals surface area contributed by atoms with Crippen LogP contribution in [0.15, 0.2) is 42.5 Å². The maximum atomic E-state index is 12.6. The lowest BCUT2D eigenvalue weighted by Crippen LogP contribution is -2.30. The maximum absolute atomic E-state index is 12.6. The molecule has 7 nitrogen and oxygen atoms in total. The molecule has 172 valence electrons. The van der Waals surface area contributed by atoms with E-state index in [1.807, 2.05) is 56.3 Å². The highest BCUT2D eigenvalue weighted by molar-refractivity contribution is 5.74. The van der Waals surface area contributed by atoms with E-state index in [-0.39, 0.29) is 24.9 Å². The van der Waals surface area contributed by atoms with Crippen LogP contribution in [0, 0.1) is 5.92 Å². The molecule has 4 rings (SSSR count). The van der Waals surface area contributed by atoms with Gasteiger partial charge in [0.15, 0.2) is 11.5 Å². The van der Waals surface area contributed by atoms with Crippen LogP contribution in [-0.2, 0) is 9.53 Å². The van der Waals surface area contributed by atoms with Gasteiger partial charge in [-0.2, -0.15) is 0 Å². The van der Waals surface area contributed by atoms with Gasteiger partial charge in [0.2, 0.25) is 6.79 Å². The summed E-state index contributed by atoms with van der Waals surface area (Å²) < 4.78 is 22.0. The predicted molar refractivity (Wildman–Crippen MR) is 119 cm³/mol. The van der Waals surface area contributed by atoms with Crippen LogP contribution in [0.5, 0.6) is 17.2 Å². The topological polar surface area (TPSA) is 77.5 Å². The number of benzene rings is 2. The zero-order valence-electron chi connectivity index (χ0n) is 18.8. The first-order valence-corrected chi connectivity index (χ1v) is 11.1. The van der Waals surface area contributed by atoms with E-state index < -0.39 is 11.9 Å². The number of hydrogen-bond donors (Lipinski definition) is 1. The van der Waals surface area contributed by atoms with Crippen LogP contribution in [0.4, 0.5) is 0 Å². The van der Waals surface area contributed by atoms with E-state index in [0.29, 0.717) is 24.7 Å². The predicted octanol–water partition coefficient (Wildman–Crippen LogP) is 4.08. The third-order valence-electron chi connectivity index (χ3n) is 6.21. The van der Waals surface area contributed by atoms with E-state index in [9.17, 15) is 9.90 Å². The number of rotatable bonds is 9. The number of likely N-dealkylation sites (tertiary alicyclic amines) is 1. The van der Waals surface area contributed by atoms with Crippen molar-refractivity contribution >= 4 is 5.97 Å². The number of aliphatic carboxylic acids is 1. The number of nitrogens with zero attached hydrogens (tertiary/aromatic N) is 1. The highest BCUT2D eigenvalue weighted by Crippen LogP contribution is 2.47. The van der Waals surface area contributed by atoms with Crippen LogP contribution in [0.3, 0.4) is 0 Å². The molecule has 7 heteroatoms. The van der Waals surface area contributed by atoms with E-state index in [0.717, 1.165) is 29.8 Å². The van der Waals surface area contributed by atoms with Crippen LogP contribution in [-0.4, -0.2) is 55.7 Å². The summed E-state index contributed by atoms with van der Waals surface area (Å²) in [5.41, 5.74) is 1.94. The molecule has 0 saturated carbocycles. The van der Waals surface area contributed by atoms with E-state index in [4.69, 9.17) is 18.9 Å². The molecule has 0 spiro atoms. The molecule has 1 fully saturated rings. The Morgan fingerprint density at radius 3 is 2.53 bits per heavy atom. The summed E-state index contributed by atoms with van der Waals surface area (Å²) in [6.45, 7) is 6.29. The molecule has 32 heavy (non-hydrogen) atoms. The standard InChI is InChI=1S/C25H31NO6/c1-16(2)30-12-4-11-26-14-20(18-7-10-21-22(13-18)32-15-31-21)23(25(27)28)24(26)17-5-8-19(29-3)9-6-17/h5-10,13,16,20,23-24H,4,11-12,14-15H2,1-3H3,(H,27,28)/t20-,23+,24-/m1/s1. The first-order valence-electron chi connectivity index (χ1n) is 11.1. The molecule has 0 bridgehead atoms. The third-order valence-corrected chi connectivity index (χ3v) is 6.21. The molecule has 2 aliphatic heterocycles. The lowest BCUT2D eigenvalue weighted by Gasteiger charge is -2.27. The quantitative estimate of drug-likeness (QED) is 0.588. The molecule has 3 atom stereocenters. The fourth-order valence-electron chi connectivity index (χ4n) is 4.73. The highest BCUT2D eigenvalue weighted by Gasteiger charge is 2.47. The highest BCUT2D eigenvalue weighted by atomic mass is 16.7. The molecular weight excluding hydrogens is 410 g/mol. The molecule has 1 saturated heterocycles. The van der Waals surface area contributed by atoms with Gasteiger partial charge in [-0.05, 0) is 55.7 Å². The fourth-order valence-corrected chi connectivity index (χ4v) is 4.73. The molecule has 0 amide bonds. The zero-order chi connectivity index (χ0) is 22.7. The van der Waals surface area contributed by atoms with E-state index in [1.54, 1.807) is 7.11 Å². The SMILES string of the molecule is COc1ccc([C@@H]2[C@@H](C(=O)O)[C@@H](c3ccc4c(c3)OCO4)CN2CCCOC(C)C)cc1. The molecular formula is C25H31NO6. The lowest BCUT2D eigenvalue weighted by molar-refractivity contribution is -0.143. The second-order valence-electron chi connectivity index (χ2n) is 8.57. The minimum Gasteiger partial charge on any atom is -0.497 e. The largest absolute Gasteiger partial charge is 0.497 e. The first-order chi connectivity index (χ1) is 15.5. The minimum atomic E-state index is -0.797. The first kappa shape index (κ1) is 22.4. The van der Waals surface area contributed by atoms with E-state index in [2.05, 4.69) is 4.90 Å². The Kier molecular flexibility index (Phi) is 6.86. The fraction of sp³-hybridized carbons (Fsp3) is 0.480. The average molecular weight is 442 g/mol. The number of carbonyl (C=O) groups is 1. The Morgan fingerprint density at radius 2 is 1.84 bits per heavy atom. The maximum Gasteiger partial charge on any atom is 0.309 e. The van der Waals surface area contributed by atoms with Gasteiger partial charge in [0.05, 0.1) is 19.1 Å². The second-order valence-corrected chi connectivity index (χ2v) is 8.57. The van der Waals surface area contributed by atoms with Crippen molar-refractivity contribution in [1.29, 1.82) is 0 Å². The second kappa shape index (κ2) is 9.79. The van der Waals surface area contributed by atoms with Crippen molar-refractivity contribution in [2.75, 3.05) is 33.6 Å². The molecule has 2 aliphatic rings. The summed E-state index contributed by atoms with van der Waals surface area (Å²) >= 11 is 0. The molecule has 2 aromatic carbocycles. The van der Waals surface area contributed by atoms with Gasteiger partial charge in [-0.15, -0.1) is 0 Å². The Balaban J connectivity index is 1.64. The van der Waals surface area contributed by atoms with Gasteiger partial charge < -0.3 is 24.1 Å². The normalized spacial score (nSPS) is 22.4. The van der Waals surface area contributed by atoms with Crippen molar-refractivity contribution in [3.63, 3.8) is 0 Å². The van der Waals surface area contributed by atoms with Crippen molar-refractivity contribution in [1.82, 2.24) is 4.90 Å². The van der Waals surface area contributed by atoms with Crippen LogP contribution in [0.25, 0.3) is 0 Å². The Bertz CT molecular complexity index is 929. The van der Waals surface area contributed by atoms with Gasteiger partial charge in [0.1, 0.15) is 5.75 Å². The van der Waals surface area contributed by atoms with Crippen molar-refractivity contribution in [2.24, 2.45) is 5.92 Å². The summed E-state index contributed by atoms with van der Waals surface area (Å²) in [5.74, 6) is 0.580. The summed E-state index contributed by atoms with van der Waals surface area (Å²) in [7, 11) is 1.63. The molecule has 0 aromatic heterocycles. The lowest BCUT2D eigenvalue weighted by atomic mass is 9.82. The number of carboxylic acid groups (broad SMARTS) is 1. The summed E-state index contributed by atoms with van der Waals surface area (Å²) in [5, 5.41) is 10.3. The van der Waals surface area contributed by atoms with Crippen LogP contribution >= 0.6 is 0 Å². The Hall–Kier alpha value is -2.77. The Morgan fingerprint density at radius 1 is 1.12 bits per heavy atom. The van der Waals surface area contributed by atoms with Crippen LogP contribution < -0.4 is 14.2 Å². The van der Waals surface area contributed by atoms with E-state index in [1.165, 1.54) is 0 Å². The monoisotopic (exact) mass is 441 g/mol. The molecule has 2 heterocycles. The summed E-state index contributed by atoms with van der Waals surface area (Å²) in [6, 6.07) is 13.2. The van der Waals surface area contributed by atoms with Gasteiger partial charge >= 0.3 is 5.97 Å². The van der Waals surface area contributed by atoms with Crippen molar-refractivity contribution in [3.05, 3.63) is 53.6 Å².